The van der Waals surface area contributed by atoms with Crippen molar-refractivity contribution in [3.63, 3.8) is 0 Å². The van der Waals surface area contributed by atoms with Gasteiger partial charge < -0.3 is 5.32 Å². The van der Waals surface area contributed by atoms with E-state index in [1.54, 1.807) is 30.3 Å². The maximum atomic E-state index is 13.2. The van der Waals surface area contributed by atoms with Crippen molar-refractivity contribution in [2.45, 2.75) is 6.42 Å². The first-order valence-corrected chi connectivity index (χ1v) is 9.44. The quantitative estimate of drug-likeness (QED) is 0.455. The van der Waals surface area contributed by atoms with E-state index in [4.69, 9.17) is 0 Å². The number of hydrogen-bond donors (Lipinski definition) is 1. The van der Waals surface area contributed by atoms with Crippen LogP contribution in [0.1, 0.15) is 5.56 Å². The minimum Gasteiger partial charge on any atom is -0.326 e. The fraction of sp³-hybridized carbons (Fsp3) is 0.0400. The third-order valence-electron chi connectivity index (χ3n) is 4.61. The fourth-order valence-electron chi connectivity index (χ4n) is 3.13. The van der Waals surface area contributed by atoms with E-state index in [1.165, 1.54) is 24.3 Å². The van der Waals surface area contributed by atoms with Crippen LogP contribution in [0, 0.1) is 11.6 Å². The number of nitrogens with one attached hydrogen (secondary N) is 1. The van der Waals surface area contributed by atoms with Gasteiger partial charge in [0, 0.05) is 16.8 Å². The standard InChI is InChI=1S/C25H18F2N2O/c26-20-11-7-17(8-12-20)15-25(30)28-22-4-1-3-19(16-22)24-6-2-5-23(29-24)18-9-13-21(27)14-10-18/h1-14,16H,15H2,(H,28,30). The Labute approximate surface area is 173 Å². The molecule has 4 aromatic rings. The number of amides is 1. The Kier molecular flexibility index (Phi) is 5.61. The first-order chi connectivity index (χ1) is 14.6. The molecular weight excluding hydrogens is 382 g/mol. The molecule has 3 aromatic carbocycles. The number of anilines is 1. The molecule has 1 N–H and O–H groups in total. The van der Waals surface area contributed by atoms with Gasteiger partial charge in [0.25, 0.3) is 0 Å². The molecule has 0 saturated heterocycles. The number of halogens is 2. The summed E-state index contributed by atoms with van der Waals surface area (Å²) in [5, 5.41) is 2.87. The Balaban J connectivity index is 1.52. The molecule has 0 aliphatic heterocycles. The van der Waals surface area contributed by atoms with E-state index < -0.39 is 0 Å². The van der Waals surface area contributed by atoms with Crippen molar-refractivity contribution in [1.82, 2.24) is 4.98 Å². The number of carbonyl (C=O) groups excluding carboxylic acids is 1. The summed E-state index contributed by atoms with van der Waals surface area (Å²) in [6.45, 7) is 0. The molecule has 5 heteroatoms. The smallest absolute Gasteiger partial charge is 0.228 e. The van der Waals surface area contributed by atoms with Crippen molar-refractivity contribution in [2.24, 2.45) is 0 Å². The molecule has 0 fully saturated rings. The summed E-state index contributed by atoms with van der Waals surface area (Å²) in [6, 6.07) is 25.1. The lowest BCUT2D eigenvalue weighted by Gasteiger charge is -2.09. The zero-order chi connectivity index (χ0) is 20.9. The minimum atomic E-state index is -0.331. The summed E-state index contributed by atoms with van der Waals surface area (Å²) in [5.74, 6) is -0.812. The van der Waals surface area contributed by atoms with Crippen LogP contribution in [0.25, 0.3) is 22.5 Å². The van der Waals surface area contributed by atoms with Crippen LogP contribution < -0.4 is 5.32 Å². The fourth-order valence-corrected chi connectivity index (χ4v) is 3.13. The van der Waals surface area contributed by atoms with Crippen LogP contribution in [-0.2, 0) is 11.2 Å². The summed E-state index contributed by atoms with van der Waals surface area (Å²) in [6.07, 6.45) is 0.156. The van der Waals surface area contributed by atoms with Crippen LogP contribution in [0.15, 0.2) is 91.0 Å². The van der Waals surface area contributed by atoms with Gasteiger partial charge in [0.05, 0.1) is 17.8 Å². The van der Waals surface area contributed by atoms with Crippen molar-refractivity contribution in [2.75, 3.05) is 5.32 Å². The van der Waals surface area contributed by atoms with Crippen LogP contribution in [0.4, 0.5) is 14.5 Å². The van der Waals surface area contributed by atoms with Gasteiger partial charge in [0.2, 0.25) is 5.91 Å². The second-order valence-corrected chi connectivity index (χ2v) is 6.85. The second kappa shape index (κ2) is 8.66. The van der Waals surface area contributed by atoms with Gasteiger partial charge in [0.1, 0.15) is 11.6 Å². The van der Waals surface area contributed by atoms with E-state index in [2.05, 4.69) is 10.3 Å². The molecule has 0 saturated carbocycles. The Bertz CT molecular complexity index is 1170. The first kappa shape index (κ1) is 19.5. The van der Waals surface area contributed by atoms with Crippen LogP contribution in [0.3, 0.4) is 0 Å². The highest BCUT2D eigenvalue weighted by Gasteiger charge is 2.08. The maximum Gasteiger partial charge on any atom is 0.228 e. The minimum absolute atomic E-state index is 0.156. The van der Waals surface area contributed by atoms with E-state index in [1.807, 2.05) is 36.4 Å². The summed E-state index contributed by atoms with van der Waals surface area (Å²) >= 11 is 0. The van der Waals surface area contributed by atoms with Gasteiger partial charge in [0.15, 0.2) is 0 Å². The predicted octanol–water partition coefficient (Wildman–Crippen LogP) is 5.88. The van der Waals surface area contributed by atoms with Gasteiger partial charge in [-0.1, -0.05) is 30.3 Å². The highest BCUT2D eigenvalue weighted by molar-refractivity contribution is 5.92. The van der Waals surface area contributed by atoms with Gasteiger partial charge in [-0.2, -0.15) is 0 Å². The number of aromatic nitrogens is 1. The number of rotatable bonds is 5. The van der Waals surface area contributed by atoms with E-state index in [-0.39, 0.29) is 24.0 Å². The van der Waals surface area contributed by atoms with Crippen molar-refractivity contribution in [3.8, 4) is 22.5 Å². The maximum absolute atomic E-state index is 13.2. The lowest BCUT2D eigenvalue weighted by atomic mass is 10.1. The molecule has 0 unspecified atom stereocenters. The monoisotopic (exact) mass is 400 g/mol. The summed E-state index contributed by atoms with van der Waals surface area (Å²) < 4.78 is 26.2. The average molecular weight is 400 g/mol. The van der Waals surface area contributed by atoms with E-state index in [0.717, 1.165) is 28.1 Å². The predicted molar refractivity (Wildman–Crippen MR) is 114 cm³/mol. The normalized spacial score (nSPS) is 10.6. The van der Waals surface area contributed by atoms with Gasteiger partial charge >= 0.3 is 0 Å². The Morgan fingerprint density at radius 3 is 2.03 bits per heavy atom. The van der Waals surface area contributed by atoms with Gasteiger partial charge in [-0.05, 0) is 66.2 Å². The van der Waals surface area contributed by atoms with Crippen LogP contribution >= 0.6 is 0 Å². The molecule has 1 amide bonds. The summed E-state index contributed by atoms with van der Waals surface area (Å²) in [5.41, 5.74) is 4.53. The van der Waals surface area contributed by atoms with Crippen LogP contribution in [-0.4, -0.2) is 10.9 Å². The summed E-state index contributed by atoms with van der Waals surface area (Å²) in [7, 11) is 0. The first-order valence-electron chi connectivity index (χ1n) is 9.44. The Morgan fingerprint density at radius 1 is 0.733 bits per heavy atom. The van der Waals surface area contributed by atoms with E-state index in [0.29, 0.717) is 5.69 Å². The molecule has 1 aromatic heterocycles. The third kappa shape index (κ3) is 4.75. The van der Waals surface area contributed by atoms with Crippen molar-refractivity contribution in [3.05, 3.63) is 108 Å². The largest absolute Gasteiger partial charge is 0.326 e. The van der Waals surface area contributed by atoms with Gasteiger partial charge in [-0.25, -0.2) is 13.8 Å². The van der Waals surface area contributed by atoms with Crippen LogP contribution in [0.5, 0.6) is 0 Å². The number of benzene rings is 3. The van der Waals surface area contributed by atoms with Crippen LogP contribution in [0.2, 0.25) is 0 Å². The molecule has 3 nitrogen and oxygen atoms in total. The zero-order valence-electron chi connectivity index (χ0n) is 16.0. The van der Waals surface area contributed by atoms with Crippen molar-refractivity contribution in [1.29, 1.82) is 0 Å². The molecule has 0 spiro atoms. The second-order valence-electron chi connectivity index (χ2n) is 6.85. The van der Waals surface area contributed by atoms with E-state index >= 15 is 0 Å². The molecule has 30 heavy (non-hydrogen) atoms. The molecule has 1 heterocycles. The number of hydrogen-bond acceptors (Lipinski definition) is 2. The topological polar surface area (TPSA) is 42.0 Å². The highest BCUT2D eigenvalue weighted by atomic mass is 19.1. The molecular formula is C25H18F2N2O. The number of carbonyl (C=O) groups is 1. The highest BCUT2D eigenvalue weighted by Crippen LogP contribution is 2.25. The number of pyridine rings is 1. The van der Waals surface area contributed by atoms with Gasteiger partial charge in [-0.3, -0.25) is 4.79 Å². The molecule has 0 aliphatic rings. The molecule has 4 rings (SSSR count). The van der Waals surface area contributed by atoms with Gasteiger partial charge in [-0.15, -0.1) is 0 Å². The molecule has 0 bridgehead atoms. The molecule has 0 aliphatic carbocycles. The average Bonchev–Trinajstić information content (AvgIpc) is 2.76. The third-order valence-corrected chi connectivity index (χ3v) is 4.61. The lowest BCUT2D eigenvalue weighted by molar-refractivity contribution is -0.115. The molecule has 0 radical (unpaired) electrons. The SMILES string of the molecule is O=C(Cc1ccc(F)cc1)Nc1cccc(-c2cccc(-c3ccc(F)cc3)n2)c1. The Morgan fingerprint density at radius 2 is 1.33 bits per heavy atom. The zero-order valence-corrected chi connectivity index (χ0v) is 16.0. The van der Waals surface area contributed by atoms with E-state index in [9.17, 15) is 13.6 Å². The lowest BCUT2D eigenvalue weighted by Crippen LogP contribution is -2.14. The van der Waals surface area contributed by atoms with Crippen molar-refractivity contribution < 1.29 is 13.6 Å². The Hall–Kier alpha value is -3.86. The summed E-state index contributed by atoms with van der Waals surface area (Å²) in [4.78, 5) is 17.0. The number of nitrogens with zero attached hydrogens (tertiary/aromatic N) is 1. The molecule has 0 atom stereocenters. The molecule has 148 valence electrons. The van der Waals surface area contributed by atoms with Crippen molar-refractivity contribution >= 4 is 11.6 Å².